The molecule has 0 atom stereocenters. The van der Waals surface area contributed by atoms with Crippen molar-refractivity contribution < 1.29 is 4.74 Å². The number of nitrogens with one attached hydrogen (secondary N) is 1. The Hall–Kier alpha value is -1.77. The molecular formula is C13H16N2O. The van der Waals surface area contributed by atoms with Gasteiger partial charge in [-0.05, 0) is 18.1 Å². The average molecular weight is 216 g/mol. The van der Waals surface area contributed by atoms with Gasteiger partial charge in [0.25, 0.3) is 0 Å². The first-order valence-corrected chi connectivity index (χ1v) is 5.40. The molecule has 3 heteroatoms. The van der Waals surface area contributed by atoms with E-state index in [1.54, 1.807) is 7.11 Å². The van der Waals surface area contributed by atoms with Crippen molar-refractivity contribution >= 4 is 0 Å². The van der Waals surface area contributed by atoms with E-state index in [1.807, 2.05) is 30.5 Å². The van der Waals surface area contributed by atoms with Crippen LogP contribution in [0.1, 0.15) is 25.3 Å². The summed E-state index contributed by atoms with van der Waals surface area (Å²) in [4.78, 5) is 0. The van der Waals surface area contributed by atoms with Crippen LogP contribution < -0.4 is 4.74 Å². The van der Waals surface area contributed by atoms with Crippen LogP contribution in [0.3, 0.4) is 0 Å². The second-order valence-corrected chi connectivity index (χ2v) is 4.06. The zero-order chi connectivity index (χ0) is 11.5. The van der Waals surface area contributed by atoms with Crippen molar-refractivity contribution in [2.24, 2.45) is 0 Å². The summed E-state index contributed by atoms with van der Waals surface area (Å²) in [6, 6.07) is 7.97. The molecule has 0 aliphatic rings. The van der Waals surface area contributed by atoms with Crippen molar-refractivity contribution in [2.45, 2.75) is 19.8 Å². The van der Waals surface area contributed by atoms with E-state index in [-0.39, 0.29) is 0 Å². The Labute approximate surface area is 95.5 Å². The van der Waals surface area contributed by atoms with Gasteiger partial charge in [-0.1, -0.05) is 26.0 Å². The highest BCUT2D eigenvalue weighted by molar-refractivity contribution is 5.70. The third-order valence-electron chi connectivity index (χ3n) is 2.67. The minimum Gasteiger partial charge on any atom is -0.496 e. The van der Waals surface area contributed by atoms with Crippen LogP contribution in [-0.2, 0) is 0 Å². The third kappa shape index (κ3) is 1.81. The Morgan fingerprint density at radius 3 is 2.69 bits per heavy atom. The summed E-state index contributed by atoms with van der Waals surface area (Å²) < 4.78 is 5.36. The van der Waals surface area contributed by atoms with Crippen LogP contribution in [0, 0.1) is 0 Å². The van der Waals surface area contributed by atoms with Crippen molar-refractivity contribution in [3.63, 3.8) is 0 Å². The zero-order valence-electron chi connectivity index (χ0n) is 9.82. The SMILES string of the molecule is COc1ccccc1-c1[nH]ncc1C(C)C. The fourth-order valence-corrected chi connectivity index (χ4v) is 1.80. The molecule has 0 unspecified atom stereocenters. The van der Waals surface area contributed by atoms with Crippen LogP contribution in [0.5, 0.6) is 5.75 Å². The Morgan fingerprint density at radius 2 is 2.00 bits per heavy atom. The van der Waals surface area contributed by atoms with Crippen molar-refractivity contribution in [3.8, 4) is 17.0 Å². The second-order valence-electron chi connectivity index (χ2n) is 4.06. The molecule has 84 valence electrons. The summed E-state index contributed by atoms with van der Waals surface area (Å²) in [5, 5.41) is 7.16. The van der Waals surface area contributed by atoms with E-state index in [0.29, 0.717) is 5.92 Å². The van der Waals surface area contributed by atoms with Gasteiger partial charge in [-0.2, -0.15) is 5.10 Å². The average Bonchev–Trinajstić information content (AvgIpc) is 2.77. The van der Waals surface area contributed by atoms with E-state index in [0.717, 1.165) is 17.0 Å². The maximum atomic E-state index is 5.36. The molecule has 1 aromatic heterocycles. The Kier molecular flexibility index (Phi) is 2.95. The molecule has 16 heavy (non-hydrogen) atoms. The van der Waals surface area contributed by atoms with Crippen LogP contribution in [0.2, 0.25) is 0 Å². The molecule has 0 saturated carbocycles. The first kappa shape index (κ1) is 10.7. The maximum Gasteiger partial charge on any atom is 0.128 e. The van der Waals surface area contributed by atoms with Crippen LogP contribution in [-0.4, -0.2) is 17.3 Å². The van der Waals surface area contributed by atoms with E-state index >= 15 is 0 Å². The van der Waals surface area contributed by atoms with Gasteiger partial charge in [0.2, 0.25) is 0 Å². The van der Waals surface area contributed by atoms with E-state index in [4.69, 9.17) is 4.74 Å². The Bertz CT molecular complexity index is 474. The third-order valence-corrected chi connectivity index (χ3v) is 2.67. The van der Waals surface area contributed by atoms with Crippen LogP contribution >= 0.6 is 0 Å². The Balaban J connectivity index is 2.54. The molecule has 0 aliphatic heterocycles. The smallest absolute Gasteiger partial charge is 0.128 e. The summed E-state index contributed by atoms with van der Waals surface area (Å²) in [5.74, 6) is 1.31. The second kappa shape index (κ2) is 4.39. The normalized spacial score (nSPS) is 10.8. The van der Waals surface area contributed by atoms with Gasteiger partial charge in [-0.25, -0.2) is 0 Å². The summed E-state index contributed by atoms with van der Waals surface area (Å²) in [5.41, 5.74) is 3.32. The molecule has 1 N–H and O–H groups in total. The van der Waals surface area contributed by atoms with Gasteiger partial charge in [0.15, 0.2) is 0 Å². The molecule has 0 fully saturated rings. The van der Waals surface area contributed by atoms with Crippen molar-refractivity contribution in [1.29, 1.82) is 0 Å². The number of para-hydroxylation sites is 1. The highest BCUT2D eigenvalue weighted by atomic mass is 16.5. The predicted molar refractivity (Wildman–Crippen MR) is 64.7 cm³/mol. The first-order chi connectivity index (χ1) is 7.74. The van der Waals surface area contributed by atoms with Crippen LogP contribution in [0.15, 0.2) is 30.5 Å². The summed E-state index contributed by atoms with van der Waals surface area (Å²) in [6.07, 6.45) is 1.88. The summed E-state index contributed by atoms with van der Waals surface area (Å²) >= 11 is 0. The van der Waals surface area contributed by atoms with Gasteiger partial charge in [-0.3, -0.25) is 5.10 Å². The highest BCUT2D eigenvalue weighted by Gasteiger charge is 2.13. The molecular weight excluding hydrogens is 200 g/mol. The molecule has 0 radical (unpaired) electrons. The topological polar surface area (TPSA) is 37.9 Å². The van der Waals surface area contributed by atoms with Gasteiger partial charge in [0, 0.05) is 11.1 Å². The molecule has 2 rings (SSSR count). The van der Waals surface area contributed by atoms with Crippen LogP contribution in [0.4, 0.5) is 0 Å². The summed E-state index contributed by atoms with van der Waals surface area (Å²) in [6.45, 7) is 4.31. The standard InChI is InChI=1S/C13H16N2O/c1-9(2)11-8-14-15-13(11)10-6-4-5-7-12(10)16-3/h4-9H,1-3H3,(H,14,15). The lowest BCUT2D eigenvalue weighted by molar-refractivity contribution is 0.416. The molecule has 0 amide bonds. The largest absolute Gasteiger partial charge is 0.496 e. The van der Waals surface area contributed by atoms with E-state index in [2.05, 4.69) is 24.0 Å². The van der Waals surface area contributed by atoms with Crippen LogP contribution in [0.25, 0.3) is 11.3 Å². The lowest BCUT2D eigenvalue weighted by Crippen LogP contribution is -1.92. The molecule has 1 heterocycles. The fourth-order valence-electron chi connectivity index (χ4n) is 1.80. The first-order valence-electron chi connectivity index (χ1n) is 5.40. The molecule has 0 spiro atoms. The van der Waals surface area contributed by atoms with Crippen molar-refractivity contribution in [3.05, 3.63) is 36.0 Å². The number of rotatable bonds is 3. The predicted octanol–water partition coefficient (Wildman–Crippen LogP) is 3.21. The van der Waals surface area contributed by atoms with Gasteiger partial charge in [0.05, 0.1) is 19.0 Å². The zero-order valence-corrected chi connectivity index (χ0v) is 9.82. The molecule has 1 aromatic carbocycles. The van der Waals surface area contributed by atoms with E-state index in [9.17, 15) is 0 Å². The van der Waals surface area contributed by atoms with Crippen molar-refractivity contribution in [2.75, 3.05) is 7.11 Å². The number of nitrogens with zero attached hydrogens (tertiary/aromatic N) is 1. The number of aromatic nitrogens is 2. The van der Waals surface area contributed by atoms with Gasteiger partial charge in [0.1, 0.15) is 5.75 Å². The van der Waals surface area contributed by atoms with E-state index < -0.39 is 0 Å². The highest BCUT2D eigenvalue weighted by Crippen LogP contribution is 2.33. The monoisotopic (exact) mass is 216 g/mol. The molecule has 0 bridgehead atoms. The van der Waals surface area contributed by atoms with Gasteiger partial charge >= 0.3 is 0 Å². The number of hydrogen-bond acceptors (Lipinski definition) is 2. The number of benzene rings is 1. The van der Waals surface area contributed by atoms with E-state index in [1.165, 1.54) is 5.56 Å². The Morgan fingerprint density at radius 1 is 1.25 bits per heavy atom. The summed E-state index contributed by atoms with van der Waals surface area (Å²) in [7, 11) is 1.68. The maximum absolute atomic E-state index is 5.36. The lowest BCUT2D eigenvalue weighted by Gasteiger charge is -2.10. The number of ether oxygens (including phenoxy) is 1. The molecule has 3 nitrogen and oxygen atoms in total. The molecule has 0 aliphatic carbocycles. The molecule has 0 saturated heterocycles. The van der Waals surface area contributed by atoms with Gasteiger partial charge < -0.3 is 4.74 Å². The number of H-pyrrole nitrogens is 1. The number of methoxy groups -OCH3 is 1. The number of hydrogen-bond donors (Lipinski definition) is 1. The van der Waals surface area contributed by atoms with Crippen molar-refractivity contribution in [1.82, 2.24) is 10.2 Å². The quantitative estimate of drug-likeness (QED) is 0.855. The molecule has 2 aromatic rings. The number of aromatic amines is 1. The minimum absolute atomic E-state index is 0.443. The lowest BCUT2D eigenvalue weighted by atomic mass is 9.99. The van der Waals surface area contributed by atoms with Gasteiger partial charge in [-0.15, -0.1) is 0 Å². The fraction of sp³-hybridized carbons (Fsp3) is 0.308. The minimum atomic E-state index is 0.443.